The molecule has 2 atom stereocenters. The number of benzene rings is 2. The summed E-state index contributed by atoms with van der Waals surface area (Å²) in [4.78, 5) is -0.661. The van der Waals surface area contributed by atoms with Crippen LogP contribution in [0.15, 0.2) is 78.6 Å². The molecule has 0 aliphatic heterocycles. The van der Waals surface area contributed by atoms with Gasteiger partial charge in [0.05, 0.1) is 11.5 Å². The number of ether oxygens (including phenoxy) is 2. The normalized spacial score (nSPS) is 22.4. The Kier molecular flexibility index (Phi) is 5.50. The lowest BCUT2D eigenvalue weighted by molar-refractivity contribution is 0.334. The monoisotopic (exact) mass is 353 g/mol. The molecule has 0 fully saturated rings. The molecule has 2 aromatic carbocycles. The van der Waals surface area contributed by atoms with Crippen LogP contribution in [0.5, 0.6) is 11.5 Å². The molecule has 0 heterocycles. The van der Waals surface area contributed by atoms with Crippen molar-refractivity contribution in [2.24, 2.45) is 5.92 Å². The van der Waals surface area contributed by atoms with E-state index in [-0.39, 0.29) is 5.92 Å². The molecule has 3 rings (SSSR count). The van der Waals surface area contributed by atoms with Crippen LogP contribution >= 0.6 is 11.6 Å². The van der Waals surface area contributed by atoms with Crippen molar-refractivity contribution in [3.8, 4) is 11.5 Å². The van der Waals surface area contributed by atoms with Crippen LogP contribution in [0.1, 0.15) is 12.5 Å². The van der Waals surface area contributed by atoms with Crippen molar-refractivity contribution in [1.82, 2.24) is 0 Å². The summed E-state index contributed by atoms with van der Waals surface area (Å²) in [5, 5.41) is 0. The van der Waals surface area contributed by atoms with Gasteiger partial charge >= 0.3 is 0 Å². The number of hydrogen-bond donors (Lipinski definition) is 0. The lowest BCUT2D eigenvalue weighted by Crippen LogP contribution is -2.32. The van der Waals surface area contributed by atoms with Crippen molar-refractivity contribution in [2.45, 2.75) is 18.2 Å². The number of hydrogen-bond acceptors (Lipinski definition) is 2. The van der Waals surface area contributed by atoms with E-state index in [1.807, 2.05) is 79.7 Å². The lowest BCUT2D eigenvalue weighted by Gasteiger charge is -2.32. The smallest absolute Gasteiger partial charge is 0.127 e. The number of para-hydroxylation sites is 2. The maximum absolute atomic E-state index is 6.97. The van der Waals surface area contributed by atoms with Gasteiger partial charge in [-0.2, -0.15) is 0 Å². The molecule has 0 saturated carbocycles. The highest BCUT2D eigenvalue weighted by atomic mass is 35.5. The zero-order valence-corrected chi connectivity index (χ0v) is 15.1. The minimum absolute atomic E-state index is 0.0630. The third-order valence-electron chi connectivity index (χ3n) is 4.20. The second-order valence-electron chi connectivity index (χ2n) is 6.07. The quantitative estimate of drug-likeness (QED) is 0.630. The van der Waals surface area contributed by atoms with E-state index in [1.165, 1.54) is 0 Å². The Hall–Kier alpha value is -2.19. The van der Waals surface area contributed by atoms with Gasteiger partial charge in [0.1, 0.15) is 17.3 Å². The fourth-order valence-electron chi connectivity index (χ4n) is 2.87. The molecule has 1 aliphatic rings. The zero-order chi connectivity index (χ0) is 17.7. The van der Waals surface area contributed by atoms with Crippen LogP contribution in [-0.2, 0) is 6.42 Å². The minimum Gasteiger partial charge on any atom is -0.494 e. The van der Waals surface area contributed by atoms with Gasteiger partial charge in [0.25, 0.3) is 0 Å². The summed E-state index contributed by atoms with van der Waals surface area (Å²) in [6, 6.07) is 17.7. The van der Waals surface area contributed by atoms with E-state index in [1.54, 1.807) is 0 Å². The van der Waals surface area contributed by atoms with E-state index in [2.05, 4.69) is 6.92 Å². The van der Waals surface area contributed by atoms with E-state index < -0.39 is 4.87 Å². The summed E-state index contributed by atoms with van der Waals surface area (Å²) in [5.74, 6) is 2.32. The number of rotatable bonds is 6. The molecule has 1 aliphatic carbocycles. The van der Waals surface area contributed by atoms with E-state index >= 15 is 0 Å². The Morgan fingerprint density at radius 3 is 2.56 bits per heavy atom. The van der Waals surface area contributed by atoms with Crippen molar-refractivity contribution < 1.29 is 9.47 Å². The van der Waals surface area contributed by atoms with Gasteiger partial charge in [0.15, 0.2) is 0 Å². The fraction of sp³-hybridized carbons (Fsp3) is 0.227. The van der Waals surface area contributed by atoms with Gasteiger partial charge in [0, 0.05) is 5.92 Å². The molecule has 25 heavy (non-hydrogen) atoms. The van der Waals surface area contributed by atoms with Crippen LogP contribution in [0.3, 0.4) is 0 Å². The summed E-state index contributed by atoms with van der Waals surface area (Å²) < 4.78 is 11.7. The third-order valence-corrected chi connectivity index (χ3v) is 4.73. The predicted molar refractivity (Wildman–Crippen MR) is 103 cm³/mol. The van der Waals surface area contributed by atoms with Crippen LogP contribution in [0.2, 0.25) is 0 Å². The van der Waals surface area contributed by atoms with Crippen molar-refractivity contribution in [2.75, 3.05) is 6.61 Å². The Balaban J connectivity index is 1.84. The second-order valence-corrected chi connectivity index (χ2v) is 6.78. The highest BCUT2D eigenvalue weighted by Gasteiger charge is 2.34. The molecule has 3 heteroatoms. The molecule has 0 spiro atoms. The predicted octanol–water partition coefficient (Wildman–Crippen LogP) is 5.59. The summed E-state index contributed by atoms with van der Waals surface area (Å²) in [6.07, 6.45) is 6.50. The average Bonchev–Trinajstić information content (AvgIpc) is 2.61. The first kappa shape index (κ1) is 17.6. The van der Waals surface area contributed by atoms with Crippen LogP contribution in [0.25, 0.3) is 0 Å². The molecule has 0 saturated heterocycles. The van der Waals surface area contributed by atoms with Crippen LogP contribution in [0.4, 0.5) is 0 Å². The van der Waals surface area contributed by atoms with E-state index in [9.17, 15) is 0 Å². The summed E-state index contributed by atoms with van der Waals surface area (Å²) in [5.41, 5.74) is 1.07. The van der Waals surface area contributed by atoms with Crippen molar-refractivity contribution >= 4 is 11.6 Å². The first-order chi connectivity index (χ1) is 12.1. The summed E-state index contributed by atoms with van der Waals surface area (Å²) in [6.45, 7) is 6.81. The second kappa shape index (κ2) is 7.79. The van der Waals surface area contributed by atoms with Crippen LogP contribution < -0.4 is 9.47 Å². The van der Waals surface area contributed by atoms with E-state index in [0.717, 1.165) is 22.8 Å². The minimum atomic E-state index is -0.661. The van der Waals surface area contributed by atoms with E-state index in [4.69, 9.17) is 21.1 Å². The third kappa shape index (κ3) is 4.26. The summed E-state index contributed by atoms with van der Waals surface area (Å²) >= 11 is 6.97. The first-order valence-corrected chi connectivity index (χ1v) is 8.85. The Morgan fingerprint density at radius 2 is 1.80 bits per heavy atom. The molecule has 2 nitrogen and oxygen atoms in total. The van der Waals surface area contributed by atoms with Gasteiger partial charge < -0.3 is 9.47 Å². The maximum Gasteiger partial charge on any atom is 0.127 e. The molecule has 0 N–H and O–H groups in total. The van der Waals surface area contributed by atoms with Gasteiger partial charge in [-0.15, -0.1) is 11.6 Å². The molecule has 0 amide bonds. The molecule has 129 valence electrons. The van der Waals surface area contributed by atoms with Crippen molar-refractivity contribution in [3.05, 3.63) is 91.1 Å². The highest BCUT2D eigenvalue weighted by Crippen LogP contribution is 2.38. The SMILES string of the molecule is [CH2]C1C=CC(Oc2ccccc2)=CC1(Cl)Cc1ccccc1OCC. The molecule has 0 bridgehead atoms. The Labute approximate surface area is 154 Å². The van der Waals surface area contributed by atoms with Gasteiger partial charge in [-0.05, 0) is 56.2 Å². The molecule has 2 aromatic rings. The Morgan fingerprint density at radius 1 is 1.08 bits per heavy atom. The van der Waals surface area contributed by atoms with Gasteiger partial charge in [-0.3, -0.25) is 0 Å². The highest BCUT2D eigenvalue weighted by molar-refractivity contribution is 6.26. The van der Waals surface area contributed by atoms with Crippen LogP contribution in [-0.4, -0.2) is 11.5 Å². The average molecular weight is 354 g/mol. The number of alkyl halides is 1. The first-order valence-electron chi connectivity index (χ1n) is 8.47. The molecular weight excluding hydrogens is 332 g/mol. The maximum atomic E-state index is 6.97. The molecule has 1 radical (unpaired) electrons. The van der Waals surface area contributed by atoms with Crippen molar-refractivity contribution in [1.29, 1.82) is 0 Å². The largest absolute Gasteiger partial charge is 0.494 e. The molecular formula is C22H22ClO2. The zero-order valence-electron chi connectivity index (χ0n) is 14.3. The van der Waals surface area contributed by atoms with Gasteiger partial charge in [0.2, 0.25) is 0 Å². The van der Waals surface area contributed by atoms with Gasteiger partial charge in [-0.25, -0.2) is 0 Å². The Bertz CT molecular complexity index is 767. The lowest BCUT2D eigenvalue weighted by atomic mass is 9.83. The van der Waals surface area contributed by atoms with Crippen LogP contribution in [0, 0.1) is 12.8 Å². The number of allylic oxidation sites excluding steroid dienone is 3. The molecule has 2 unspecified atom stereocenters. The number of halogens is 1. The summed E-state index contributed by atoms with van der Waals surface area (Å²) in [7, 11) is 0. The van der Waals surface area contributed by atoms with Crippen molar-refractivity contribution in [3.63, 3.8) is 0 Å². The fourth-order valence-corrected chi connectivity index (χ4v) is 3.20. The van der Waals surface area contributed by atoms with Gasteiger partial charge in [-0.1, -0.05) is 42.5 Å². The standard InChI is InChI=1S/C22H22ClO2/c1-3-24-21-12-8-7-9-18(21)15-22(23)16-20(14-13-17(22)2)25-19-10-5-4-6-11-19/h4-14,16-17H,2-3,15H2,1H3. The molecule has 0 aromatic heterocycles. The topological polar surface area (TPSA) is 18.5 Å². The van der Waals surface area contributed by atoms with E-state index in [0.29, 0.717) is 13.0 Å².